The van der Waals surface area contributed by atoms with Gasteiger partial charge in [-0.1, -0.05) is 11.8 Å². The van der Waals surface area contributed by atoms with Crippen molar-refractivity contribution in [3.05, 3.63) is 42.7 Å². The summed E-state index contributed by atoms with van der Waals surface area (Å²) in [5.74, 6) is 1.29. The van der Waals surface area contributed by atoms with Crippen molar-refractivity contribution in [3.63, 3.8) is 0 Å². The molecular formula is C12H13N3O3S2. The Morgan fingerprint density at radius 1 is 1.15 bits per heavy atom. The smallest absolute Gasteiger partial charge is 0.238 e. The van der Waals surface area contributed by atoms with E-state index in [1.165, 1.54) is 23.9 Å². The Morgan fingerprint density at radius 3 is 2.40 bits per heavy atom. The molecule has 2 N–H and O–H groups in total. The van der Waals surface area contributed by atoms with E-state index in [-0.39, 0.29) is 4.90 Å². The minimum atomic E-state index is -3.66. The van der Waals surface area contributed by atoms with Crippen LogP contribution in [0.4, 0.5) is 0 Å². The first-order valence-corrected chi connectivity index (χ1v) is 8.24. The van der Waals surface area contributed by atoms with Crippen LogP contribution >= 0.6 is 11.8 Å². The number of benzene rings is 1. The molecule has 2 aromatic rings. The van der Waals surface area contributed by atoms with Crippen molar-refractivity contribution in [2.24, 2.45) is 5.14 Å². The number of nitrogens with two attached hydrogens (primary N) is 1. The average Bonchev–Trinajstić information content (AvgIpc) is 2.44. The normalized spacial score (nSPS) is 11.2. The highest BCUT2D eigenvalue weighted by atomic mass is 32.2. The average molecular weight is 311 g/mol. The first kappa shape index (κ1) is 14.8. The fourth-order valence-electron chi connectivity index (χ4n) is 1.38. The molecule has 0 unspecified atom stereocenters. The number of hydrogen-bond donors (Lipinski definition) is 1. The van der Waals surface area contributed by atoms with Gasteiger partial charge < -0.3 is 4.74 Å². The number of thioether (sulfide) groups is 1. The molecule has 20 heavy (non-hydrogen) atoms. The fourth-order valence-corrected chi connectivity index (χ4v) is 2.51. The first-order valence-electron chi connectivity index (χ1n) is 5.71. The molecule has 0 bridgehead atoms. The van der Waals surface area contributed by atoms with Gasteiger partial charge in [0.1, 0.15) is 5.75 Å². The van der Waals surface area contributed by atoms with Crippen molar-refractivity contribution in [1.82, 2.24) is 9.97 Å². The summed E-state index contributed by atoms with van der Waals surface area (Å²) in [7, 11) is -3.66. The van der Waals surface area contributed by atoms with Crippen LogP contribution in [-0.2, 0) is 10.0 Å². The second-order valence-corrected chi connectivity index (χ2v) is 6.37. The lowest BCUT2D eigenvalue weighted by molar-refractivity contribution is 0.343. The van der Waals surface area contributed by atoms with Crippen LogP contribution in [0.25, 0.3) is 0 Å². The van der Waals surface area contributed by atoms with Gasteiger partial charge in [0, 0.05) is 18.1 Å². The zero-order valence-electron chi connectivity index (χ0n) is 10.5. The lowest BCUT2D eigenvalue weighted by atomic mass is 10.3. The van der Waals surface area contributed by atoms with Crippen molar-refractivity contribution in [2.45, 2.75) is 10.1 Å². The standard InChI is InChI=1S/C12H13N3O3S2/c13-20(16,17)11-4-2-10(3-5-11)18-8-9-19-12-14-6-1-7-15-12/h1-7H,8-9H2,(H2,13,16,17). The third kappa shape index (κ3) is 4.48. The number of hydrogen-bond acceptors (Lipinski definition) is 6. The molecule has 1 aromatic carbocycles. The second kappa shape index (κ2) is 6.69. The third-order valence-electron chi connectivity index (χ3n) is 2.28. The molecule has 0 atom stereocenters. The number of nitrogens with zero attached hydrogens (tertiary/aromatic N) is 2. The zero-order chi connectivity index (χ0) is 14.4. The largest absolute Gasteiger partial charge is 0.493 e. The SMILES string of the molecule is NS(=O)(=O)c1ccc(OCCSc2ncccn2)cc1. The molecule has 106 valence electrons. The highest BCUT2D eigenvalue weighted by Crippen LogP contribution is 2.16. The summed E-state index contributed by atoms with van der Waals surface area (Å²) in [5, 5.41) is 5.70. The Labute approximate surface area is 121 Å². The van der Waals surface area contributed by atoms with E-state index >= 15 is 0 Å². The van der Waals surface area contributed by atoms with E-state index in [1.54, 1.807) is 30.6 Å². The van der Waals surface area contributed by atoms with Crippen LogP contribution in [0.15, 0.2) is 52.8 Å². The maximum atomic E-state index is 11.1. The van der Waals surface area contributed by atoms with Crippen LogP contribution in [0.2, 0.25) is 0 Å². The molecule has 0 spiro atoms. The molecule has 0 saturated heterocycles. The molecular weight excluding hydrogens is 298 g/mol. The summed E-state index contributed by atoms with van der Waals surface area (Å²) in [6.45, 7) is 0.470. The van der Waals surface area contributed by atoms with Crippen LogP contribution < -0.4 is 9.88 Å². The van der Waals surface area contributed by atoms with Crippen molar-refractivity contribution < 1.29 is 13.2 Å². The fraction of sp³-hybridized carbons (Fsp3) is 0.167. The van der Waals surface area contributed by atoms with E-state index in [0.29, 0.717) is 23.3 Å². The molecule has 0 amide bonds. The Morgan fingerprint density at radius 2 is 1.80 bits per heavy atom. The van der Waals surface area contributed by atoms with E-state index in [4.69, 9.17) is 9.88 Å². The Balaban J connectivity index is 1.80. The summed E-state index contributed by atoms with van der Waals surface area (Å²) in [4.78, 5) is 8.22. The van der Waals surface area contributed by atoms with Gasteiger partial charge in [0.05, 0.1) is 11.5 Å². The molecule has 1 aromatic heterocycles. The number of rotatable bonds is 6. The van der Waals surface area contributed by atoms with Gasteiger partial charge in [-0.3, -0.25) is 0 Å². The lowest BCUT2D eigenvalue weighted by Gasteiger charge is -2.06. The molecule has 0 radical (unpaired) electrons. The van der Waals surface area contributed by atoms with E-state index in [0.717, 1.165) is 0 Å². The first-order chi connectivity index (χ1) is 9.55. The van der Waals surface area contributed by atoms with Crippen LogP contribution in [0.3, 0.4) is 0 Å². The molecule has 2 rings (SSSR count). The summed E-state index contributed by atoms with van der Waals surface area (Å²) in [6, 6.07) is 7.73. The van der Waals surface area contributed by atoms with Gasteiger partial charge in [0.15, 0.2) is 5.16 Å². The minimum absolute atomic E-state index is 0.0666. The van der Waals surface area contributed by atoms with Crippen LogP contribution in [0.1, 0.15) is 0 Å². The number of ether oxygens (including phenoxy) is 1. The lowest BCUT2D eigenvalue weighted by Crippen LogP contribution is -2.11. The predicted octanol–water partition coefficient (Wildman–Crippen LogP) is 1.30. The highest BCUT2D eigenvalue weighted by Gasteiger charge is 2.06. The van der Waals surface area contributed by atoms with E-state index in [2.05, 4.69) is 9.97 Å². The van der Waals surface area contributed by atoms with Gasteiger partial charge >= 0.3 is 0 Å². The van der Waals surface area contributed by atoms with Gasteiger partial charge in [0.2, 0.25) is 10.0 Å². The van der Waals surface area contributed by atoms with E-state index in [9.17, 15) is 8.42 Å². The maximum absolute atomic E-state index is 11.1. The van der Waals surface area contributed by atoms with Crippen molar-refractivity contribution in [1.29, 1.82) is 0 Å². The highest BCUT2D eigenvalue weighted by molar-refractivity contribution is 7.99. The molecule has 0 aliphatic carbocycles. The molecule has 8 heteroatoms. The maximum Gasteiger partial charge on any atom is 0.238 e. The van der Waals surface area contributed by atoms with Gasteiger partial charge in [-0.05, 0) is 30.3 Å². The molecule has 0 aliphatic heterocycles. The minimum Gasteiger partial charge on any atom is -0.493 e. The van der Waals surface area contributed by atoms with Gasteiger partial charge in [-0.25, -0.2) is 23.5 Å². The quantitative estimate of drug-likeness (QED) is 0.491. The van der Waals surface area contributed by atoms with E-state index in [1.807, 2.05) is 0 Å². The molecule has 0 saturated carbocycles. The number of primary sulfonamides is 1. The van der Waals surface area contributed by atoms with Gasteiger partial charge in [-0.2, -0.15) is 0 Å². The van der Waals surface area contributed by atoms with Crippen LogP contribution in [0, 0.1) is 0 Å². The van der Waals surface area contributed by atoms with Gasteiger partial charge in [-0.15, -0.1) is 0 Å². The molecule has 0 aliphatic rings. The van der Waals surface area contributed by atoms with Gasteiger partial charge in [0.25, 0.3) is 0 Å². The van der Waals surface area contributed by atoms with Crippen LogP contribution in [-0.4, -0.2) is 30.7 Å². The zero-order valence-corrected chi connectivity index (χ0v) is 12.1. The van der Waals surface area contributed by atoms with E-state index < -0.39 is 10.0 Å². The Hall–Kier alpha value is -1.64. The monoisotopic (exact) mass is 311 g/mol. The third-order valence-corrected chi connectivity index (χ3v) is 4.05. The Kier molecular flexibility index (Phi) is 4.94. The number of sulfonamides is 1. The summed E-state index contributed by atoms with van der Waals surface area (Å²) >= 11 is 1.48. The summed E-state index contributed by atoms with van der Waals surface area (Å²) in [5.41, 5.74) is 0. The molecule has 0 fully saturated rings. The molecule has 6 nitrogen and oxygen atoms in total. The summed E-state index contributed by atoms with van der Waals surface area (Å²) < 4.78 is 27.6. The van der Waals surface area contributed by atoms with Crippen molar-refractivity contribution >= 4 is 21.8 Å². The Bertz CT molecular complexity index is 645. The van der Waals surface area contributed by atoms with Crippen molar-refractivity contribution in [3.8, 4) is 5.75 Å². The van der Waals surface area contributed by atoms with Crippen molar-refractivity contribution in [2.75, 3.05) is 12.4 Å². The topological polar surface area (TPSA) is 95.2 Å². The van der Waals surface area contributed by atoms with Crippen LogP contribution in [0.5, 0.6) is 5.75 Å². The second-order valence-electron chi connectivity index (χ2n) is 3.74. The predicted molar refractivity (Wildman–Crippen MR) is 76.1 cm³/mol. The molecule has 1 heterocycles. The number of aromatic nitrogens is 2. The summed E-state index contributed by atoms with van der Waals surface area (Å²) in [6.07, 6.45) is 3.37.